The molecule has 1 aromatic heterocycles. The molecule has 1 N–H and O–H groups in total. The monoisotopic (exact) mass is 372 g/mol. The number of carbonyl (C=O) groups is 1. The predicted molar refractivity (Wildman–Crippen MR) is 105 cm³/mol. The van der Waals surface area contributed by atoms with Gasteiger partial charge in [0.05, 0.1) is 12.3 Å². The summed E-state index contributed by atoms with van der Waals surface area (Å²) in [6.07, 6.45) is 7.06. The number of aromatic nitrogens is 3. The Morgan fingerprint density at radius 3 is 2.73 bits per heavy atom. The van der Waals surface area contributed by atoms with E-state index in [1.807, 2.05) is 6.07 Å². The van der Waals surface area contributed by atoms with E-state index in [1.54, 1.807) is 0 Å². The number of rotatable bonds is 11. The first-order valence-electron chi connectivity index (χ1n) is 9.64. The fraction of sp³-hybridized carbons (Fsp3) is 0.550. The van der Waals surface area contributed by atoms with Gasteiger partial charge in [-0.25, -0.2) is 0 Å². The lowest BCUT2D eigenvalue weighted by atomic mass is 10.2. The Hall–Kier alpha value is -1.82. The van der Waals surface area contributed by atoms with Gasteiger partial charge in [-0.1, -0.05) is 68.3 Å². The molecule has 5 nitrogen and oxygen atoms in total. The molecule has 0 unspecified atom stereocenters. The summed E-state index contributed by atoms with van der Waals surface area (Å²) in [5, 5.41) is 12.6. The zero-order chi connectivity index (χ0) is 18.2. The van der Waals surface area contributed by atoms with Crippen molar-refractivity contribution in [3.05, 3.63) is 41.7 Å². The third kappa shape index (κ3) is 5.59. The minimum Gasteiger partial charge on any atom is -0.355 e. The van der Waals surface area contributed by atoms with Gasteiger partial charge in [-0.3, -0.25) is 4.79 Å². The van der Waals surface area contributed by atoms with Crippen molar-refractivity contribution in [1.82, 2.24) is 20.1 Å². The Kier molecular flexibility index (Phi) is 7.12. The van der Waals surface area contributed by atoms with E-state index in [4.69, 9.17) is 0 Å². The first kappa shape index (κ1) is 19.0. The highest BCUT2D eigenvalue weighted by molar-refractivity contribution is 7.99. The zero-order valence-electron chi connectivity index (χ0n) is 15.5. The van der Waals surface area contributed by atoms with Crippen molar-refractivity contribution in [2.24, 2.45) is 0 Å². The molecule has 1 amide bonds. The fourth-order valence-electron chi connectivity index (χ4n) is 2.93. The minimum atomic E-state index is 0.0775. The van der Waals surface area contributed by atoms with E-state index < -0.39 is 0 Å². The smallest absolute Gasteiger partial charge is 0.230 e. The molecule has 140 valence electrons. The molecule has 1 heterocycles. The lowest BCUT2D eigenvalue weighted by molar-refractivity contribution is -0.118. The van der Waals surface area contributed by atoms with Crippen LogP contribution in [0.1, 0.15) is 62.8 Å². The SMILES string of the molecule is CCCCCCNC(=O)CSc1nnc(C2CC2)n1Cc1ccccc1. The van der Waals surface area contributed by atoms with Crippen LogP contribution in [0.25, 0.3) is 0 Å². The van der Waals surface area contributed by atoms with Gasteiger partial charge in [0, 0.05) is 12.5 Å². The Labute approximate surface area is 160 Å². The van der Waals surface area contributed by atoms with Crippen molar-refractivity contribution in [3.63, 3.8) is 0 Å². The van der Waals surface area contributed by atoms with Gasteiger partial charge >= 0.3 is 0 Å². The molecule has 0 spiro atoms. The van der Waals surface area contributed by atoms with Gasteiger partial charge in [-0.15, -0.1) is 10.2 Å². The maximum Gasteiger partial charge on any atom is 0.230 e. The van der Waals surface area contributed by atoms with Crippen LogP contribution in [0.4, 0.5) is 0 Å². The normalized spacial score (nSPS) is 13.7. The molecule has 0 bridgehead atoms. The Balaban J connectivity index is 1.55. The highest BCUT2D eigenvalue weighted by Crippen LogP contribution is 2.40. The van der Waals surface area contributed by atoms with Gasteiger partial charge in [0.2, 0.25) is 5.91 Å². The summed E-state index contributed by atoms with van der Waals surface area (Å²) in [6, 6.07) is 10.4. The molecule has 1 fully saturated rings. The number of carbonyl (C=O) groups excluding carboxylic acids is 1. The maximum absolute atomic E-state index is 12.1. The molecule has 2 aromatic rings. The number of nitrogens with zero attached hydrogens (tertiary/aromatic N) is 3. The van der Waals surface area contributed by atoms with E-state index >= 15 is 0 Å². The molecule has 6 heteroatoms. The van der Waals surface area contributed by atoms with Gasteiger partial charge in [0.1, 0.15) is 5.82 Å². The molecule has 26 heavy (non-hydrogen) atoms. The van der Waals surface area contributed by atoms with Crippen LogP contribution >= 0.6 is 11.8 Å². The third-order valence-corrected chi connectivity index (χ3v) is 5.52. The molecule has 0 atom stereocenters. The number of thioether (sulfide) groups is 1. The minimum absolute atomic E-state index is 0.0775. The van der Waals surface area contributed by atoms with Gasteiger partial charge in [-0.05, 0) is 24.8 Å². The van der Waals surface area contributed by atoms with Crippen LogP contribution in [0.5, 0.6) is 0 Å². The van der Waals surface area contributed by atoms with Gasteiger partial charge < -0.3 is 9.88 Å². The summed E-state index contributed by atoms with van der Waals surface area (Å²) < 4.78 is 2.19. The molecule has 3 rings (SSSR count). The van der Waals surface area contributed by atoms with Crippen molar-refractivity contribution < 1.29 is 4.79 Å². The van der Waals surface area contributed by atoms with Crippen LogP contribution in [0.15, 0.2) is 35.5 Å². The number of nitrogens with one attached hydrogen (secondary N) is 1. The van der Waals surface area contributed by atoms with Gasteiger partial charge in [-0.2, -0.15) is 0 Å². The third-order valence-electron chi connectivity index (χ3n) is 4.56. The highest BCUT2D eigenvalue weighted by atomic mass is 32.2. The summed E-state index contributed by atoms with van der Waals surface area (Å²) in [7, 11) is 0. The lowest BCUT2D eigenvalue weighted by Gasteiger charge is -2.10. The average molecular weight is 373 g/mol. The van der Waals surface area contributed by atoms with E-state index in [0.29, 0.717) is 11.7 Å². The van der Waals surface area contributed by atoms with Crippen LogP contribution in [0, 0.1) is 0 Å². The molecule has 1 aliphatic rings. The molecule has 0 aliphatic heterocycles. The van der Waals surface area contributed by atoms with Crippen LogP contribution in [-0.2, 0) is 11.3 Å². The summed E-state index contributed by atoms with van der Waals surface area (Å²) in [6.45, 7) is 3.72. The number of benzene rings is 1. The van der Waals surface area contributed by atoms with E-state index in [-0.39, 0.29) is 5.91 Å². The quantitative estimate of drug-likeness (QED) is 0.478. The van der Waals surface area contributed by atoms with E-state index in [2.05, 4.69) is 51.3 Å². The van der Waals surface area contributed by atoms with Crippen molar-refractivity contribution in [3.8, 4) is 0 Å². The van der Waals surface area contributed by atoms with Gasteiger partial charge in [0.15, 0.2) is 5.16 Å². The Bertz CT molecular complexity index is 697. The Morgan fingerprint density at radius 2 is 2.00 bits per heavy atom. The standard InChI is InChI=1S/C20H28N4OS/c1-2-3-4-8-13-21-18(25)15-26-20-23-22-19(17-11-12-17)24(20)14-16-9-6-5-7-10-16/h5-7,9-10,17H,2-4,8,11-15H2,1H3,(H,21,25). The van der Waals surface area contributed by atoms with Crippen molar-refractivity contribution in [1.29, 1.82) is 0 Å². The summed E-state index contributed by atoms with van der Waals surface area (Å²) in [5.74, 6) is 2.07. The molecule has 1 aromatic carbocycles. The number of hydrogen-bond donors (Lipinski definition) is 1. The second-order valence-electron chi connectivity index (χ2n) is 6.89. The lowest BCUT2D eigenvalue weighted by Crippen LogP contribution is -2.26. The van der Waals surface area contributed by atoms with Crippen LogP contribution in [-0.4, -0.2) is 33.0 Å². The highest BCUT2D eigenvalue weighted by Gasteiger charge is 2.30. The molecule has 1 saturated carbocycles. The maximum atomic E-state index is 12.1. The second-order valence-corrected chi connectivity index (χ2v) is 7.83. The van der Waals surface area contributed by atoms with E-state index in [0.717, 1.165) is 30.5 Å². The predicted octanol–water partition coefficient (Wildman–Crippen LogP) is 3.99. The molecule has 1 aliphatic carbocycles. The number of unbranched alkanes of at least 4 members (excludes halogenated alkanes) is 3. The molecule has 0 radical (unpaired) electrons. The zero-order valence-corrected chi connectivity index (χ0v) is 16.3. The first-order chi connectivity index (χ1) is 12.8. The van der Waals surface area contributed by atoms with Gasteiger partial charge in [0.25, 0.3) is 0 Å². The topological polar surface area (TPSA) is 59.8 Å². The largest absolute Gasteiger partial charge is 0.355 e. The molecular weight excluding hydrogens is 344 g/mol. The molecule has 0 saturated heterocycles. The van der Waals surface area contributed by atoms with Crippen molar-refractivity contribution in [2.75, 3.05) is 12.3 Å². The number of hydrogen-bond acceptors (Lipinski definition) is 4. The van der Waals surface area contributed by atoms with Crippen molar-refractivity contribution in [2.45, 2.75) is 63.1 Å². The van der Waals surface area contributed by atoms with Crippen molar-refractivity contribution >= 4 is 17.7 Å². The van der Waals surface area contributed by atoms with E-state index in [9.17, 15) is 4.79 Å². The summed E-state index contributed by atoms with van der Waals surface area (Å²) in [4.78, 5) is 12.1. The fourth-order valence-corrected chi connectivity index (χ4v) is 3.70. The summed E-state index contributed by atoms with van der Waals surface area (Å²) in [5.41, 5.74) is 1.23. The number of amides is 1. The Morgan fingerprint density at radius 1 is 1.19 bits per heavy atom. The van der Waals surface area contributed by atoms with Crippen LogP contribution in [0.2, 0.25) is 0 Å². The molecular formula is C20H28N4OS. The van der Waals surface area contributed by atoms with E-state index in [1.165, 1.54) is 49.4 Å². The average Bonchev–Trinajstić information content (AvgIpc) is 3.43. The van der Waals surface area contributed by atoms with Crippen LogP contribution in [0.3, 0.4) is 0 Å². The first-order valence-corrected chi connectivity index (χ1v) is 10.6. The second kappa shape index (κ2) is 9.76. The van der Waals surface area contributed by atoms with Crippen LogP contribution < -0.4 is 5.32 Å². The summed E-state index contributed by atoms with van der Waals surface area (Å²) >= 11 is 1.49.